The first kappa shape index (κ1) is 14.6. The quantitative estimate of drug-likeness (QED) is 0.349. The number of nitrogens with one attached hydrogen (secondary N) is 2. The Morgan fingerprint density at radius 1 is 1.05 bits per heavy atom. The lowest BCUT2D eigenvalue weighted by Gasteiger charge is -2.10. The number of hydrogen-bond acceptors (Lipinski definition) is 5. The predicted molar refractivity (Wildman–Crippen MR) is 70.5 cm³/mol. The summed E-state index contributed by atoms with van der Waals surface area (Å²) in [5.74, 6) is 1.50. The zero-order valence-corrected chi connectivity index (χ0v) is 10.4. The number of halogens is 3. The van der Waals surface area contributed by atoms with Crippen molar-refractivity contribution in [2.24, 2.45) is 5.84 Å². The van der Waals surface area contributed by atoms with Crippen LogP contribution in [0.4, 0.5) is 35.9 Å². The number of nitrogens with zero attached hydrogens (tertiary/aromatic N) is 1. The number of non-ortho nitro benzene ring substituents is 1. The van der Waals surface area contributed by atoms with Crippen molar-refractivity contribution in [1.82, 2.24) is 0 Å². The lowest BCUT2D eigenvalue weighted by molar-refractivity contribution is -0.384. The van der Waals surface area contributed by atoms with Gasteiger partial charge in [-0.15, -0.1) is 0 Å². The topological polar surface area (TPSA) is 93.2 Å². The van der Waals surface area contributed by atoms with E-state index in [1.165, 1.54) is 6.07 Å². The molecule has 0 aliphatic rings. The first-order chi connectivity index (χ1) is 9.90. The Labute approximate surface area is 116 Å². The number of rotatable bonds is 4. The fourth-order valence-electron chi connectivity index (χ4n) is 1.67. The van der Waals surface area contributed by atoms with Gasteiger partial charge in [0.25, 0.3) is 5.69 Å². The van der Waals surface area contributed by atoms with E-state index in [1.807, 2.05) is 0 Å². The first-order valence-corrected chi connectivity index (χ1v) is 5.58. The van der Waals surface area contributed by atoms with Crippen LogP contribution in [0.15, 0.2) is 30.3 Å². The highest BCUT2D eigenvalue weighted by molar-refractivity contribution is 5.68. The van der Waals surface area contributed by atoms with Gasteiger partial charge in [-0.3, -0.25) is 16.0 Å². The molecule has 21 heavy (non-hydrogen) atoms. The molecule has 2 aromatic carbocycles. The van der Waals surface area contributed by atoms with Crippen molar-refractivity contribution < 1.29 is 18.1 Å². The second-order valence-electron chi connectivity index (χ2n) is 4.04. The van der Waals surface area contributed by atoms with Gasteiger partial charge in [0.1, 0.15) is 5.82 Å². The summed E-state index contributed by atoms with van der Waals surface area (Å²) in [4.78, 5) is 10.1. The number of benzene rings is 2. The average molecular weight is 298 g/mol. The van der Waals surface area contributed by atoms with Crippen LogP contribution >= 0.6 is 0 Å². The summed E-state index contributed by atoms with van der Waals surface area (Å²) < 4.78 is 39.7. The van der Waals surface area contributed by atoms with Crippen molar-refractivity contribution in [2.75, 3.05) is 10.7 Å². The molecule has 0 atom stereocenters. The maximum absolute atomic E-state index is 13.5. The second kappa shape index (κ2) is 5.67. The Kier molecular flexibility index (Phi) is 3.94. The van der Waals surface area contributed by atoms with Crippen LogP contribution in [-0.2, 0) is 0 Å². The number of anilines is 3. The lowest BCUT2D eigenvalue weighted by Crippen LogP contribution is -2.07. The zero-order valence-electron chi connectivity index (χ0n) is 10.4. The fourth-order valence-corrected chi connectivity index (χ4v) is 1.67. The van der Waals surface area contributed by atoms with E-state index < -0.39 is 28.1 Å². The van der Waals surface area contributed by atoms with Gasteiger partial charge in [-0.25, -0.2) is 13.2 Å². The Balaban J connectivity index is 2.44. The number of hydrazine groups is 1. The molecule has 0 unspecified atom stereocenters. The molecule has 6 nitrogen and oxygen atoms in total. The van der Waals surface area contributed by atoms with Crippen molar-refractivity contribution in [2.45, 2.75) is 0 Å². The van der Waals surface area contributed by atoms with Crippen molar-refractivity contribution in [1.29, 1.82) is 0 Å². The fraction of sp³-hybridized carbons (Fsp3) is 0. The van der Waals surface area contributed by atoms with Crippen molar-refractivity contribution in [3.63, 3.8) is 0 Å². The van der Waals surface area contributed by atoms with E-state index in [-0.39, 0.29) is 17.1 Å². The summed E-state index contributed by atoms with van der Waals surface area (Å²) >= 11 is 0. The minimum absolute atomic E-state index is 0.0426. The Bertz CT molecular complexity index is 709. The third kappa shape index (κ3) is 3.20. The minimum Gasteiger partial charge on any atom is -0.353 e. The molecule has 0 fully saturated rings. The largest absolute Gasteiger partial charge is 0.353 e. The van der Waals surface area contributed by atoms with Gasteiger partial charge in [-0.2, -0.15) is 0 Å². The number of nitro groups is 1. The van der Waals surface area contributed by atoms with Crippen molar-refractivity contribution >= 4 is 22.7 Å². The van der Waals surface area contributed by atoms with Gasteiger partial charge < -0.3 is 10.7 Å². The van der Waals surface area contributed by atoms with Crippen LogP contribution in [0.5, 0.6) is 0 Å². The highest BCUT2D eigenvalue weighted by atomic mass is 19.2. The molecular weight excluding hydrogens is 289 g/mol. The summed E-state index contributed by atoms with van der Waals surface area (Å²) in [6.07, 6.45) is 0. The molecule has 0 aliphatic carbocycles. The highest BCUT2D eigenvalue weighted by Gasteiger charge is 2.14. The third-order valence-corrected chi connectivity index (χ3v) is 2.57. The van der Waals surface area contributed by atoms with Crippen LogP contribution in [-0.4, -0.2) is 4.92 Å². The van der Waals surface area contributed by atoms with Crippen molar-refractivity contribution in [3.05, 3.63) is 57.9 Å². The molecule has 0 aromatic heterocycles. The maximum Gasteiger partial charge on any atom is 0.273 e. The van der Waals surface area contributed by atoms with Gasteiger partial charge in [-0.1, -0.05) is 0 Å². The van der Waals surface area contributed by atoms with Crippen LogP contribution in [0, 0.1) is 27.6 Å². The molecule has 0 spiro atoms. The van der Waals surface area contributed by atoms with Gasteiger partial charge in [0.05, 0.1) is 16.3 Å². The van der Waals surface area contributed by atoms with E-state index in [0.29, 0.717) is 6.07 Å². The molecule has 110 valence electrons. The second-order valence-corrected chi connectivity index (χ2v) is 4.04. The molecule has 0 radical (unpaired) electrons. The number of nitrogen functional groups attached to an aromatic ring is 1. The average Bonchev–Trinajstić information content (AvgIpc) is 2.43. The van der Waals surface area contributed by atoms with Crippen LogP contribution in [0.2, 0.25) is 0 Å². The van der Waals surface area contributed by atoms with E-state index in [1.54, 1.807) is 0 Å². The van der Waals surface area contributed by atoms with Crippen LogP contribution < -0.4 is 16.6 Å². The van der Waals surface area contributed by atoms with Crippen LogP contribution in [0.25, 0.3) is 0 Å². The molecule has 0 saturated heterocycles. The van der Waals surface area contributed by atoms with E-state index in [4.69, 9.17) is 5.84 Å². The molecule has 0 aliphatic heterocycles. The number of hydrogen-bond donors (Lipinski definition) is 3. The third-order valence-electron chi connectivity index (χ3n) is 2.57. The Morgan fingerprint density at radius 3 is 2.33 bits per heavy atom. The van der Waals surface area contributed by atoms with Gasteiger partial charge in [0.15, 0.2) is 11.6 Å². The summed E-state index contributed by atoms with van der Waals surface area (Å²) in [7, 11) is 0. The maximum atomic E-state index is 13.5. The summed E-state index contributed by atoms with van der Waals surface area (Å²) in [6.45, 7) is 0. The normalized spacial score (nSPS) is 10.3. The smallest absolute Gasteiger partial charge is 0.273 e. The summed E-state index contributed by atoms with van der Waals surface area (Å²) in [5.41, 5.74) is 1.59. The standard InChI is InChI=1S/C12H9F3N4O2/c13-6-1-10(14)12(15)11(2-6)17-7-3-8(18-16)5-9(4-7)19(20)21/h1-5,17-18H,16H2. The van der Waals surface area contributed by atoms with Crippen LogP contribution in [0.1, 0.15) is 0 Å². The Hall–Kier alpha value is -2.81. The number of nitrogens with two attached hydrogens (primary N) is 1. The van der Waals surface area contributed by atoms with Crippen LogP contribution in [0.3, 0.4) is 0 Å². The van der Waals surface area contributed by atoms with Gasteiger partial charge in [0.2, 0.25) is 0 Å². The molecule has 2 aromatic rings. The summed E-state index contributed by atoms with van der Waals surface area (Å²) in [6, 6.07) is 4.65. The SMILES string of the molecule is NNc1cc(Nc2cc(F)cc(F)c2F)cc([N+](=O)[O-])c1. The zero-order chi connectivity index (χ0) is 15.6. The van der Waals surface area contributed by atoms with E-state index in [2.05, 4.69) is 10.7 Å². The molecule has 2 rings (SSSR count). The Morgan fingerprint density at radius 2 is 1.71 bits per heavy atom. The molecule has 9 heteroatoms. The molecule has 4 N–H and O–H groups in total. The molecule has 0 amide bonds. The van der Waals surface area contributed by atoms with Gasteiger partial charge in [0, 0.05) is 30.0 Å². The predicted octanol–water partition coefficient (Wildman–Crippen LogP) is 3.04. The first-order valence-electron chi connectivity index (χ1n) is 5.58. The minimum atomic E-state index is -1.37. The molecule has 0 heterocycles. The van der Waals surface area contributed by atoms with Gasteiger partial charge in [-0.05, 0) is 6.07 Å². The summed E-state index contributed by atoms with van der Waals surface area (Å²) in [5, 5.41) is 13.1. The molecule has 0 bridgehead atoms. The molecule has 0 saturated carbocycles. The van der Waals surface area contributed by atoms with E-state index >= 15 is 0 Å². The van der Waals surface area contributed by atoms with Gasteiger partial charge >= 0.3 is 0 Å². The molecular formula is C12H9F3N4O2. The van der Waals surface area contributed by atoms with E-state index in [9.17, 15) is 23.3 Å². The van der Waals surface area contributed by atoms with E-state index in [0.717, 1.165) is 18.2 Å². The lowest BCUT2D eigenvalue weighted by atomic mass is 10.2. The monoisotopic (exact) mass is 298 g/mol. The highest BCUT2D eigenvalue weighted by Crippen LogP contribution is 2.28. The number of nitro benzene ring substituents is 1. The van der Waals surface area contributed by atoms with Crippen molar-refractivity contribution in [3.8, 4) is 0 Å².